The summed E-state index contributed by atoms with van der Waals surface area (Å²) in [5.74, 6) is 0. The van der Waals surface area contributed by atoms with Crippen molar-refractivity contribution in [1.29, 1.82) is 0 Å². The molecule has 3 aliphatic rings. The van der Waals surface area contributed by atoms with Gasteiger partial charge in [-0.1, -0.05) is 89.7 Å². The number of unbranched alkanes of at least 4 members (excludes halogenated alkanes) is 11. The summed E-state index contributed by atoms with van der Waals surface area (Å²) in [5.41, 5.74) is 9.26. The van der Waals surface area contributed by atoms with E-state index in [9.17, 15) is 0 Å². The summed E-state index contributed by atoms with van der Waals surface area (Å²) in [7, 11) is 0. The predicted molar refractivity (Wildman–Crippen MR) is 188 cm³/mol. The predicted octanol–water partition coefficient (Wildman–Crippen LogP) is 10.8. The van der Waals surface area contributed by atoms with Gasteiger partial charge in [-0.15, -0.1) is 0 Å². The van der Waals surface area contributed by atoms with Gasteiger partial charge in [0, 0.05) is 34.2 Å². The molecule has 0 spiro atoms. The maximum atomic E-state index is 4.91. The van der Waals surface area contributed by atoms with Crippen molar-refractivity contribution in [3.8, 4) is 0 Å². The molecule has 228 valence electrons. The summed E-state index contributed by atoms with van der Waals surface area (Å²) < 4.78 is 0. The molecule has 3 aliphatic heterocycles. The molecule has 0 aromatic carbocycles. The molecule has 1 atom stereocenters. The second kappa shape index (κ2) is 15.1. The number of fused-ring (bicyclic) bond motifs is 8. The van der Waals surface area contributed by atoms with Gasteiger partial charge in [-0.2, -0.15) is 0 Å². The van der Waals surface area contributed by atoms with E-state index in [-0.39, 0.29) is 6.04 Å². The molecule has 3 aromatic rings. The standard InChI is InChI=1S/C39H47N5/c1-2-3-4-5-6-7-8-9-10-11-12-14-23-44-24-15-13-16-39(44)37-28-36-27-34-20-19-32(41-34)25-30-17-18-31(40-30)26-33-21-22-35(42-33)29-38(37)43-36/h13,15-22,24-29,39-40,43H,2-12,14,23H2,1H3. The maximum Gasteiger partial charge on any atom is 0.0745 e. The SMILES string of the molecule is CCCCCCCCCCCCCCN1C=CC=CC1c1cc2cc3nc(cc4ccc(cc5nc(cc1[nH]2)C=C5)[nH]4)C=C3. The zero-order valence-electron chi connectivity index (χ0n) is 26.3. The highest BCUT2D eigenvalue weighted by atomic mass is 15.1. The van der Waals surface area contributed by atoms with Crippen LogP contribution >= 0.6 is 0 Å². The average molecular weight is 586 g/mol. The van der Waals surface area contributed by atoms with Crippen molar-refractivity contribution in [2.24, 2.45) is 0 Å². The third kappa shape index (κ3) is 8.07. The third-order valence-electron chi connectivity index (χ3n) is 8.83. The second-order valence-electron chi connectivity index (χ2n) is 12.4. The minimum absolute atomic E-state index is 0.175. The van der Waals surface area contributed by atoms with Gasteiger partial charge in [0.1, 0.15) is 0 Å². The summed E-state index contributed by atoms with van der Waals surface area (Å²) in [6.07, 6.45) is 33.7. The Morgan fingerprint density at radius 3 is 1.75 bits per heavy atom. The molecule has 6 rings (SSSR count). The molecule has 1 unspecified atom stereocenters. The number of nitrogens with one attached hydrogen (secondary N) is 2. The van der Waals surface area contributed by atoms with Crippen molar-refractivity contribution in [3.63, 3.8) is 0 Å². The molecule has 3 aromatic heterocycles. The number of H-pyrrole nitrogens is 2. The van der Waals surface area contributed by atoms with E-state index in [0.29, 0.717) is 0 Å². The van der Waals surface area contributed by atoms with Crippen LogP contribution in [0.15, 0.2) is 66.9 Å². The maximum absolute atomic E-state index is 4.91. The van der Waals surface area contributed by atoms with E-state index in [1.807, 2.05) is 0 Å². The molecule has 6 heterocycles. The number of allylic oxidation sites excluding steroid dienone is 2. The zero-order valence-corrected chi connectivity index (χ0v) is 26.3. The molecular formula is C39H47N5. The van der Waals surface area contributed by atoms with Crippen LogP contribution in [0.4, 0.5) is 0 Å². The highest BCUT2D eigenvalue weighted by Crippen LogP contribution is 2.31. The molecule has 44 heavy (non-hydrogen) atoms. The van der Waals surface area contributed by atoms with Crippen molar-refractivity contribution in [2.75, 3.05) is 6.54 Å². The summed E-state index contributed by atoms with van der Waals surface area (Å²) in [5, 5.41) is 0. The average Bonchev–Trinajstić information content (AvgIpc) is 3.84. The van der Waals surface area contributed by atoms with E-state index in [1.165, 1.54) is 82.6 Å². The quantitative estimate of drug-likeness (QED) is 0.127. The molecule has 0 fully saturated rings. The summed E-state index contributed by atoms with van der Waals surface area (Å²) in [4.78, 5) is 19.4. The first-order valence-electron chi connectivity index (χ1n) is 16.9. The molecule has 8 bridgehead atoms. The number of hydrogen-bond donors (Lipinski definition) is 2. The summed E-state index contributed by atoms with van der Waals surface area (Å²) >= 11 is 0. The first-order valence-corrected chi connectivity index (χ1v) is 16.9. The van der Waals surface area contributed by atoms with Crippen LogP contribution in [0.3, 0.4) is 0 Å². The van der Waals surface area contributed by atoms with Crippen LogP contribution < -0.4 is 0 Å². The van der Waals surface area contributed by atoms with Gasteiger partial charge in [-0.05, 0) is 85.5 Å². The van der Waals surface area contributed by atoms with Crippen LogP contribution in [0.2, 0.25) is 0 Å². The Kier molecular flexibility index (Phi) is 10.2. The van der Waals surface area contributed by atoms with Gasteiger partial charge in [0.2, 0.25) is 0 Å². The first-order chi connectivity index (χ1) is 21.7. The molecule has 0 saturated heterocycles. The number of aromatic amines is 2. The first kappa shape index (κ1) is 29.9. The Morgan fingerprint density at radius 1 is 0.591 bits per heavy atom. The van der Waals surface area contributed by atoms with E-state index in [2.05, 4.69) is 113 Å². The largest absolute Gasteiger partial charge is 0.367 e. The van der Waals surface area contributed by atoms with Crippen LogP contribution in [-0.2, 0) is 0 Å². The van der Waals surface area contributed by atoms with Crippen molar-refractivity contribution in [2.45, 2.75) is 90.0 Å². The zero-order chi connectivity index (χ0) is 30.0. The number of hydrogen-bond acceptors (Lipinski definition) is 3. The Labute approximate surface area is 262 Å². The lowest BCUT2D eigenvalue weighted by Crippen LogP contribution is -2.24. The molecular weight excluding hydrogens is 538 g/mol. The second-order valence-corrected chi connectivity index (χ2v) is 12.4. The van der Waals surface area contributed by atoms with Crippen molar-refractivity contribution < 1.29 is 0 Å². The van der Waals surface area contributed by atoms with E-state index in [0.717, 1.165) is 51.4 Å². The topological polar surface area (TPSA) is 60.6 Å². The highest BCUT2D eigenvalue weighted by Gasteiger charge is 2.20. The third-order valence-corrected chi connectivity index (χ3v) is 8.83. The lowest BCUT2D eigenvalue weighted by Gasteiger charge is -2.30. The normalized spacial score (nSPS) is 15.5. The minimum Gasteiger partial charge on any atom is -0.367 e. The fourth-order valence-corrected chi connectivity index (χ4v) is 6.45. The van der Waals surface area contributed by atoms with Gasteiger partial charge in [-0.3, -0.25) is 0 Å². The van der Waals surface area contributed by atoms with E-state index in [4.69, 9.17) is 9.97 Å². The smallest absolute Gasteiger partial charge is 0.0745 e. The number of aromatic nitrogens is 4. The van der Waals surface area contributed by atoms with Crippen molar-refractivity contribution in [1.82, 2.24) is 24.8 Å². The van der Waals surface area contributed by atoms with Crippen LogP contribution in [-0.4, -0.2) is 31.4 Å². The Morgan fingerprint density at radius 2 is 1.14 bits per heavy atom. The molecule has 5 heteroatoms. The molecule has 0 amide bonds. The van der Waals surface area contributed by atoms with Crippen molar-refractivity contribution in [3.05, 3.63) is 95.2 Å². The lowest BCUT2D eigenvalue weighted by molar-refractivity contribution is 0.312. The fraction of sp³-hybridized carbons (Fsp3) is 0.385. The Hall–Kier alpha value is -4.12. The molecule has 0 saturated carbocycles. The van der Waals surface area contributed by atoms with Gasteiger partial charge in [0.05, 0.1) is 28.8 Å². The van der Waals surface area contributed by atoms with Crippen LogP contribution in [0, 0.1) is 0 Å². The Balaban J connectivity index is 1.17. The van der Waals surface area contributed by atoms with Gasteiger partial charge in [0.25, 0.3) is 0 Å². The van der Waals surface area contributed by atoms with Gasteiger partial charge in [-0.25, -0.2) is 9.97 Å². The fourth-order valence-electron chi connectivity index (χ4n) is 6.45. The molecule has 0 radical (unpaired) electrons. The molecule has 0 aliphatic carbocycles. The molecule has 5 nitrogen and oxygen atoms in total. The Bertz CT molecular complexity index is 1680. The monoisotopic (exact) mass is 585 g/mol. The van der Waals surface area contributed by atoms with E-state index in [1.54, 1.807) is 0 Å². The highest BCUT2D eigenvalue weighted by molar-refractivity contribution is 5.78. The minimum atomic E-state index is 0.175. The van der Waals surface area contributed by atoms with Crippen LogP contribution in [0.5, 0.6) is 0 Å². The van der Waals surface area contributed by atoms with Gasteiger partial charge < -0.3 is 14.9 Å². The number of nitrogens with zero attached hydrogens (tertiary/aromatic N) is 3. The summed E-state index contributed by atoms with van der Waals surface area (Å²) in [6, 6.07) is 15.1. The van der Waals surface area contributed by atoms with E-state index >= 15 is 0 Å². The number of rotatable bonds is 14. The van der Waals surface area contributed by atoms with Gasteiger partial charge in [0.15, 0.2) is 0 Å². The summed E-state index contributed by atoms with van der Waals surface area (Å²) in [6.45, 7) is 3.35. The van der Waals surface area contributed by atoms with Gasteiger partial charge >= 0.3 is 0 Å². The van der Waals surface area contributed by atoms with Crippen LogP contribution in [0.1, 0.15) is 118 Å². The van der Waals surface area contributed by atoms with Crippen LogP contribution in [0.25, 0.3) is 46.4 Å². The van der Waals surface area contributed by atoms with E-state index < -0.39 is 0 Å². The van der Waals surface area contributed by atoms with Crippen molar-refractivity contribution >= 4 is 46.4 Å². The molecule has 2 N–H and O–H groups in total. The lowest BCUT2D eigenvalue weighted by atomic mass is 10.0.